The van der Waals surface area contributed by atoms with Crippen LogP contribution in [0.5, 0.6) is 0 Å². The van der Waals surface area contributed by atoms with Crippen molar-refractivity contribution < 1.29 is 4.79 Å². The smallest absolute Gasteiger partial charge is 0.241 e. The summed E-state index contributed by atoms with van der Waals surface area (Å²) in [5, 5.41) is 2.70. The number of carbonyl (C=O) groups is 1. The Morgan fingerprint density at radius 3 is 2.82 bits per heavy atom. The monoisotopic (exact) mass is 234 g/mol. The third kappa shape index (κ3) is 3.88. The lowest BCUT2D eigenvalue weighted by molar-refractivity contribution is -0.117. The minimum absolute atomic E-state index is 0.232. The molecule has 0 saturated heterocycles. The zero-order valence-corrected chi connectivity index (χ0v) is 10.2. The summed E-state index contributed by atoms with van der Waals surface area (Å²) in [5.74, 6) is 0.600. The Hall–Kier alpha value is -1.88. The average Bonchev–Trinajstić information content (AvgIpc) is 2.30. The van der Waals surface area contributed by atoms with E-state index in [0.717, 1.165) is 5.82 Å². The normalized spacial score (nSPS) is 11.7. The predicted octanol–water partition coefficient (Wildman–Crippen LogP) is 0.989. The molecule has 1 amide bonds. The van der Waals surface area contributed by atoms with Crippen LogP contribution in [-0.2, 0) is 4.79 Å². The minimum atomic E-state index is -0.568. The first kappa shape index (κ1) is 13.2. The van der Waals surface area contributed by atoms with Crippen molar-refractivity contribution in [3.8, 4) is 0 Å². The van der Waals surface area contributed by atoms with Crippen molar-refractivity contribution in [2.45, 2.75) is 12.5 Å². The molecule has 0 radical (unpaired) electrons. The molecule has 17 heavy (non-hydrogen) atoms. The molecule has 0 spiro atoms. The summed E-state index contributed by atoms with van der Waals surface area (Å²) in [4.78, 5) is 17.7. The van der Waals surface area contributed by atoms with Gasteiger partial charge in [0, 0.05) is 14.1 Å². The van der Waals surface area contributed by atoms with E-state index in [4.69, 9.17) is 5.73 Å². The lowest BCUT2D eigenvalue weighted by atomic mass is 10.2. The van der Waals surface area contributed by atoms with Crippen LogP contribution in [0.25, 0.3) is 0 Å². The Morgan fingerprint density at radius 2 is 2.35 bits per heavy atom. The van der Waals surface area contributed by atoms with Crippen LogP contribution in [0.15, 0.2) is 31.0 Å². The molecule has 92 valence electrons. The summed E-state index contributed by atoms with van der Waals surface area (Å²) in [6.45, 7) is 3.54. The molecule has 0 aliphatic carbocycles. The summed E-state index contributed by atoms with van der Waals surface area (Å²) >= 11 is 0. The van der Waals surface area contributed by atoms with Crippen LogP contribution in [0.1, 0.15) is 6.42 Å². The van der Waals surface area contributed by atoms with Crippen LogP contribution in [0.4, 0.5) is 11.5 Å². The van der Waals surface area contributed by atoms with Gasteiger partial charge in [0.25, 0.3) is 0 Å². The van der Waals surface area contributed by atoms with Gasteiger partial charge in [-0.2, -0.15) is 0 Å². The maximum absolute atomic E-state index is 11.6. The van der Waals surface area contributed by atoms with Gasteiger partial charge in [-0.25, -0.2) is 4.98 Å². The highest BCUT2D eigenvalue weighted by molar-refractivity contribution is 5.94. The van der Waals surface area contributed by atoms with Crippen molar-refractivity contribution in [3.05, 3.63) is 31.0 Å². The second-order valence-electron chi connectivity index (χ2n) is 3.92. The summed E-state index contributed by atoms with van der Waals surface area (Å²) in [6, 6.07) is 3.05. The Morgan fingerprint density at radius 1 is 1.65 bits per heavy atom. The largest absolute Gasteiger partial charge is 0.363 e. The molecular formula is C12H18N4O. The van der Waals surface area contributed by atoms with Gasteiger partial charge in [0.1, 0.15) is 5.82 Å². The molecule has 0 saturated carbocycles. The highest BCUT2D eigenvalue weighted by atomic mass is 16.2. The van der Waals surface area contributed by atoms with Gasteiger partial charge in [-0.15, -0.1) is 6.58 Å². The van der Waals surface area contributed by atoms with Gasteiger partial charge < -0.3 is 16.0 Å². The number of rotatable bonds is 5. The molecule has 0 fully saturated rings. The standard InChI is InChI=1S/C12H18N4O/c1-4-5-10(13)12(17)15-9-6-7-11(14-8-9)16(2)3/h4,6-8,10H,1,5,13H2,2-3H3,(H,15,17). The van der Waals surface area contributed by atoms with Crippen molar-refractivity contribution in [1.29, 1.82) is 0 Å². The summed E-state index contributed by atoms with van der Waals surface area (Å²) in [5.41, 5.74) is 6.28. The number of nitrogens with one attached hydrogen (secondary N) is 1. The van der Waals surface area contributed by atoms with Crippen molar-refractivity contribution in [3.63, 3.8) is 0 Å². The molecule has 1 aromatic rings. The van der Waals surface area contributed by atoms with Crippen molar-refractivity contribution in [1.82, 2.24) is 4.98 Å². The first-order chi connectivity index (χ1) is 8.04. The summed E-state index contributed by atoms with van der Waals surface area (Å²) in [6.07, 6.45) is 3.68. The van der Waals surface area contributed by atoms with Gasteiger partial charge in [0.05, 0.1) is 17.9 Å². The number of carbonyl (C=O) groups excluding carboxylic acids is 1. The quantitative estimate of drug-likeness (QED) is 0.745. The van der Waals surface area contributed by atoms with Gasteiger partial charge in [-0.05, 0) is 18.6 Å². The van der Waals surface area contributed by atoms with E-state index in [2.05, 4.69) is 16.9 Å². The fourth-order valence-corrected chi connectivity index (χ4v) is 1.25. The molecule has 1 unspecified atom stereocenters. The maximum atomic E-state index is 11.6. The number of amides is 1. The van der Waals surface area contributed by atoms with E-state index in [1.54, 1.807) is 18.3 Å². The first-order valence-corrected chi connectivity index (χ1v) is 5.35. The van der Waals surface area contributed by atoms with Gasteiger partial charge in [0.2, 0.25) is 5.91 Å². The second-order valence-corrected chi connectivity index (χ2v) is 3.92. The first-order valence-electron chi connectivity index (χ1n) is 5.35. The fourth-order valence-electron chi connectivity index (χ4n) is 1.25. The van der Waals surface area contributed by atoms with Crippen LogP contribution in [0, 0.1) is 0 Å². The molecule has 0 aromatic carbocycles. The number of pyridine rings is 1. The van der Waals surface area contributed by atoms with E-state index in [1.165, 1.54) is 0 Å². The lowest BCUT2D eigenvalue weighted by Crippen LogP contribution is -2.35. The molecule has 0 aliphatic rings. The fraction of sp³-hybridized carbons (Fsp3) is 0.333. The predicted molar refractivity (Wildman–Crippen MR) is 70.0 cm³/mol. The number of hydrogen-bond acceptors (Lipinski definition) is 4. The van der Waals surface area contributed by atoms with Gasteiger partial charge >= 0.3 is 0 Å². The van der Waals surface area contributed by atoms with E-state index in [0.29, 0.717) is 12.1 Å². The molecular weight excluding hydrogens is 216 g/mol. The number of aromatic nitrogens is 1. The highest BCUT2D eigenvalue weighted by Crippen LogP contribution is 2.11. The van der Waals surface area contributed by atoms with Crippen molar-refractivity contribution >= 4 is 17.4 Å². The molecule has 1 aromatic heterocycles. The van der Waals surface area contributed by atoms with Gasteiger partial charge in [-0.3, -0.25) is 4.79 Å². The zero-order valence-electron chi connectivity index (χ0n) is 10.2. The number of nitrogens with zero attached hydrogens (tertiary/aromatic N) is 2. The van der Waals surface area contributed by atoms with Crippen LogP contribution in [-0.4, -0.2) is 31.0 Å². The number of hydrogen-bond donors (Lipinski definition) is 2. The summed E-state index contributed by atoms with van der Waals surface area (Å²) in [7, 11) is 3.81. The lowest BCUT2D eigenvalue weighted by Gasteiger charge is -2.13. The van der Waals surface area contributed by atoms with Crippen LogP contribution < -0.4 is 16.0 Å². The third-order valence-electron chi connectivity index (χ3n) is 2.23. The molecule has 3 N–H and O–H groups in total. The topological polar surface area (TPSA) is 71.2 Å². The van der Waals surface area contributed by atoms with E-state index in [1.807, 2.05) is 25.1 Å². The second kappa shape index (κ2) is 6.00. The molecule has 1 heterocycles. The molecule has 1 atom stereocenters. The minimum Gasteiger partial charge on any atom is -0.363 e. The Labute approximate surface area is 101 Å². The van der Waals surface area contributed by atoms with Crippen LogP contribution >= 0.6 is 0 Å². The van der Waals surface area contributed by atoms with E-state index in [9.17, 15) is 4.79 Å². The molecule has 5 nitrogen and oxygen atoms in total. The van der Waals surface area contributed by atoms with Crippen LogP contribution in [0.2, 0.25) is 0 Å². The molecule has 1 rings (SSSR count). The maximum Gasteiger partial charge on any atom is 0.241 e. The van der Waals surface area contributed by atoms with Gasteiger partial charge in [0.15, 0.2) is 0 Å². The Balaban J connectivity index is 2.63. The molecule has 0 aliphatic heterocycles. The molecule has 0 bridgehead atoms. The Bertz CT molecular complexity index is 386. The van der Waals surface area contributed by atoms with E-state index >= 15 is 0 Å². The van der Waals surface area contributed by atoms with Gasteiger partial charge in [-0.1, -0.05) is 6.08 Å². The van der Waals surface area contributed by atoms with Crippen LogP contribution in [0.3, 0.4) is 0 Å². The Kier molecular flexibility index (Phi) is 4.66. The zero-order chi connectivity index (χ0) is 12.8. The van der Waals surface area contributed by atoms with Crippen molar-refractivity contribution in [2.24, 2.45) is 5.73 Å². The van der Waals surface area contributed by atoms with Crippen molar-refractivity contribution in [2.75, 3.05) is 24.3 Å². The number of nitrogens with two attached hydrogens (primary N) is 1. The number of anilines is 2. The SMILES string of the molecule is C=CCC(N)C(=O)Nc1ccc(N(C)C)nc1. The third-order valence-corrected chi connectivity index (χ3v) is 2.23. The highest BCUT2D eigenvalue weighted by Gasteiger charge is 2.11. The van der Waals surface area contributed by atoms with E-state index < -0.39 is 6.04 Å². The average molecular weight is 234 g/mol. The molecule has 5 heteroatoms. The van der Waals surface area contributed by atoms with E-state index in [-0.39, 0.29) is 5.91 Å². The summed E-state index contributed by atoms with van der Waals surface area (Å²) < 4.78 is 0.